The van der Waals surface area contributed by atoms with Gasteiger partial charge in [-0.05, 0) is 30.2 Å². The van der Waals surface area contributed by atoms with E-state index in [2.05, 4.69) is 20.6 Å². The minimum Gasteiger partial charge on any atom is -0.480 e. The number of ether oxygens (including phenoxy) is 1. The number of anilines is 1. The Kier molecular flexibility index (Phi) is 4.67. The highest BCUT2D eigenvalue weighted by Crippen LogP contribution is 2.28. The zero-order valence-electron chi connectivity index (χ0n) is 15.5. The minimum absolute atomic E-state index is 0.188. The Labute approximate surface area is 165 Å². The second-order valence-corrected chi connectivity index (χ2v) is 6.67. The molecule has 0 spiro atoms. The fourth-order valence-electron chi connectivity index (χ4n) is 3.39. The molecule has 10 nitrogen and oxygen atoms in total. The zero-order valence-corrected chi connectivity index (χ0v) is 15.5. The molecule has 0 saturated carbocycles. The average Bonchev–Trinajstić information content (AvgIpc) is 3.04. The standard InChI is InChI=1S/C19H17N5O5/c1-29-16-8-20-14(7-21-16)22-17(26)10-2-3-12-11(6-10)9-24(19(12)28)13-4-5-15(25)23-18(13)27/h2-3,6-8,13H,4-5,9H2,1H3,(H,20,22,26)(H,23,25,27). The van der Waals surface area contributed by atoms with Gasteiger partial charge in [-0.15, -0.1) is 0 Å². The van der Waals surface area contributed by atoms with E-state index in [1.54, 1.807) is 12.1 Å². The lowest BCUT2D eigenvalue weighted by molar-refractivity contribution is -0.136. The Balaban J connectivity index is 1.50. The molecule has 2 N–H and O–H groups in total. The van der Waals surface area contributed by atoms with Gasteiger partial charge in [0.2, 0.25) is 17.7 Å². The molecule has 1 atom stereocenters. The fraction of sp³-hybridized carbons (Fsp3) is 0.263. The van der Waals surface area contributed by atoms with Crippen LogP contribution in [0.3, 0.4) is 0 Å². The Bertz CT molecular complexity index is 1020. The van der Waals surface area contributed by atoms with E-state index in [-0.39, 0.29) is 37.0 Å². The first-order valence-electron chi connectivity index (χ1n) is 8.91. The van der Waals surface area contributed by atoms with Gasteiger partial charge in [-0.3, -0.25) is 24.5 Å². The number of hydrogen-bond acceptors (Lipinski definition) is 7. The summed E-state index contributed by atoms with van der Waals surface area (Å²) in [5, 5.41) is 4.89. The van der Waals surface area contributed by atoms with Crippen molar-refractivity contribution in [1.82, 2.24) is 20.2 Å². The van der Waals surface area contributed by atoms with Crippen molar-refractivity contribution < 1.29 is 23.9 Å². The van der Waals surface area contributed by atoms with E-state index in [1.807, 2.05) is 0 Å². The maximum atomic E-state index is 12.7. The molecule has 1 aromatic carbocycles. The van der Waals surface area contributed by atoms with Crippen molar-refractivity contribution in [3.05, 3.63) is 47.3 Å². The van der Waals surface area contributed by atoms with Crippen molar-refractivity contribution >= 4 is 29.4 Å². The van der Waals surface area contributed by atoms with Crippen LogP contribution >= 0.6 is 0 Å². The van der Waals surface area contributed by atoms with Gasteiger partial charge >= 0.3 is 0 Å². The van der Waals surface area contributed by atoms with Crippen LogP contribution in [0.25, 0.3) is 0 Å². The molecule has 4 rings (SSSR count). The Hall–Kier alpha value is -3.82. The number of piperidine rings is 1. The van der Waals surface area contributed by atoms with E-state index in [0.29, 0.717) is 22.6 Å². The lowest BCUT2D eigenvalue weighted by atomic mass is 10.0. The molecule has 29 heavy (non-hydrogen) atoms. The summed E-state index contributed by atoms with van der Waals surface area (Å²) in [7, 11) is 1.46. The third-order valence-electron chi connectivity index (χ3n) is 4.86. The van der Waals surface area contributed by atoms with Crippen molar-refractivity contribution in [2.75, 3.05) is 12.4 Å². The Morgan fingerprint density at radius 3 is 2.76 bits per heavy atom. The fourth-order valence-corrected chi connectivity index (χ4v) is 3.39. The molecule has 1 aromatic heterocycles. The van der Waals surface area contributed by atoms with Crippen LogP contribution in [0.2, 0.25) is 0 Å². The number of hydrogen-bond donors (Lipinski definition) is 2. The molecule has 2 aliphatic heterocycles. The number of imide groups is 1. The summed E-state index contributed by atoms with van der Waals surface area (Å²) in [6.07, 6.45) is 3.23. The first kappa shape index (κ1) is 18.5. The number of amides is 4. The minimum atomic E-state index is -0.695. The van der Waals surface area contributed by atoms with Crippen molar-refractivity contribution in [2.45, 2.75) is 25.4 Å². The van der Waals surface area contributed by atoms with Crippen LogP contribution < -0.4 is 15.4 Å². The predicted molar refractivity (Wildman–Crippen MR) is 99.0 cm³/mol. The van der Waals surface area contributed by atoms with Gasteiger partial charge in [-0.2, -0.15) is 0 Å². The maximum absolute atomic E-state index is 12.7. The molecule has 1 unspecified atom stereocenters. The number of fused-ring (bicyclic) bond motifs is 1. The Morgan fingerprint density at radius 2 is 2.07 bits per heavy atom. The quantitative estimate of drug-likeness (QED) is 0.721. The summed E-state index contributed by atoms with van der Waals surface area (Å²) in [6, 6.07) is 4.03. The van der Waals surface area contributed by atoms with Crippen LogP contribution in [0, 0.1) is 0 Å². The molecule has 2 aliphatic rings. The van der Waals surface area contributed by atoms with Gasteiger partial charge in [-0.1, -0.05) is 0 Å². The van der Waals surface area contributed by atoms with Crippen LogP contribution in [0.5, 0.6) is 5.88 Å². The van der Waals surface area contributed by atoms with Gasteiger partial charge in [0, 0.05) is 24.1 Å². The number of methoxy groups -OCH3 is 1. The molecule has 1 fully saturated rings. The van der Waals surface area contributed by atoms with Crippen LogP contribution in [-0.2, 0) is 16.1 Å². The highest BCUT2D eigenvalue weighted by atomic mass is 16.5. The molecule has 10 heteroatoms. The van der Waals surface area contributed by atoms with Crippen LogP contribution in [-0.4, -0.2) is 51.6 Å². The number of nitrogens with zero attached hydrogens (tertiary/aromatic N) is 3. The molecule has 0 aliphatic carbocycles. The van der Waals surface area contributed by atoms with E-state index in [0.717, 1.165) is 0 Å². The summed E-state index contributed by atoms with van der Waals surface area (Å²) in [6.45, 7) is 0.198. The summed E-state index contributed by atoms with van der Waals surface area (Å²) in [4.78, 5) is 58.1. The largest absolute Gasteiger partial charge is 0.480 e. The molecule has 4 amide bonds. The van der Waals surface area contributed by atoms with Crippen molar-refractivity contribution in [2.24, 2.45) is 0 Å². The van der Waals surface area contributed by atoms with Gasteiger partial charge in [0.25, 0.3) is 11.8 Å². The Morgan fingerprint density at radius 1 is 1.24 bits per heavy atom. The highest BCUT2D eigenvalue weighted by molar-refractivity contribution is 6.07. The second kappa shape index (κ2) is 7.30. The van der Waals surface area contributed by atoms with Gasteiger partial charge < -0.3 is 15.0 Å². The normalized spacial score (nSPS) is 18.3. The second-order valence-electron chi connectivity index (χ2n) is 6.67. The van der Waals surface area contributed by atoms with E-state index in [1.165, 1.54) is 30.5 Å². The SMILES string of the molecule is COc1cnc(NC(=O)c2ccc3c(c2)CN(C2CCC(=O)NC2=O)C3=O)cn1. The number of carbonyl (C=O) groups is 4. The molecule has 0 bridgehead atoms. The van der Waals surface area contributed by atoms with Crippen LogP contribution in [0.15, 0.2) is 30.6 Å². The first-order valence-corrected chi connectivity index (χ1v) is 8.91. The summed E-state index contributed by atoms with van der Waals surface area (Å²) >= 11 is 0. The summed E-state index contributed by atoms with van der Waals surface area (Å²) < 4.78 is 4.92. The monoisotopic (exact) mass is 395 g/mol. The summed E-state index contributed by atoms with van der Waals surface area (Å²) in [5.74, 6) is -0.916. The molecule has 3 heterocycles. The summed E-state index contributed by atoms with van der Waals surface area (Å²) in [5.41, 5.74) is 1.43. The van der Waals surface area contributed by atoms with E-state index >= 15 is 0 Å². The van der Waals surface area contributed by atoms with Gasteiger partial charge in [0.1, 0.15) is 6.04 Å². The molecule has 2 aromatic rings. The number of nitrogens with one attached hydrogen (secondary N) is 2. The lowest BCUT2D eigenvalue weighted by Gasteiger charge is -2.29. The molecule has 148 valence electrons. The number of aromatic nitrogens is 2. The van der Waals surface area contributed by atoms with Gasteiger partial charge in [0.15, 0.2) is 5.82 Å². The first-order chi connectivity index (χ1) is 14.0. The van der Waals surface area contributed by atoms with Crippen molar-refractivity contribution in [3.63, 3.8) is 0 Å². The topological polar surface area (TPSA) is 131 Å². The highest BCUT2D eigenvalue weighted by Gasteiger charge is 2.39. The van der Waals surface area contributed by atoms with Crippen LogP contribution in [0.4, 0.5) is 5.82 Å². The van der Waals surface area contributed by atoms with Gasteiger partial charge in [0.05, 0.1) is 19.5 Å². The number of benzene rings is 1. The molecular formula is C19H17N5O5. The average molecular weight is 395 g/mol. The van der Waals surface area contributed by atoms with E-state index in [4.69, 9.17) is 4.74 Å². The lowest BCUT2D eigenvalue weighted by Crippen LogP contribution is -2.52. The third-order valence-corrected chi connectivity index (χ3v) is 4.86. The predicted octanol–water partition coefficient (Wildman–Crippen LogP) is 0.498. The van der Waals surface area contributed by atoms with Gasteiger partial charge in [-0.25, -0.2) is 9.97 Å². The third kappa shape index (κ3) is 3.51. The molecular weight excluding hydrogens is 378 g/mol. The smallest absolute Gasteiger partial charge is 0.256 e. The number of rotatable bonds is 4. The number of carbonyl (C=O) groups excluding carboxylic acids is 4. The molecule has 1 saturated heterocycles. The van der Waals surface area contributed by atoms with Crippen LogP contribution in [0.1, 0.15) is 39.1 Å². The van der Waals surface area contributed by atoms with Crippen molar-refractivity contribution in [3.8, 4) is 5.88 Å². The van der Waals surface area contributed by atoms with Crippen molar-refractivity contribution in [1.29, 1.82) is 0 Å². The molecule has 0 radical (unpaired) electrons. The zero-order chi connectivity index (χ0) is 20.5. The van der Waals surface area contributed by atoms with E-state index in [9.17, 15) is 19.2 Å². The van der Waals surface area contributed by atoms with E-state index < -0.39 is 17.9 Å². The maximum Gasteiger partial charge on any atom is 0.256 e.